The van der Waals surface area contributed by atoms with E-state index in [-0.39, 0.29) is 11.6 Å². The van der Waals surface area contributed by atoms with Crippen LogP contribution in [0.15, 0.2) is 72.4 Å². The Hall–Kier alpha value is -3.57. The normalized spacial score (nSPS) is 13.7. The minimum absolute atomic E-state index is 0.215. The number of nitrogens with zero attached hydrogens (tertiary/aromatic N) is 1. The molecule has 1 N–H and O–H groups in total. The quantitative estimate of drug-likeness (QED) is 0.489. The predicted octanol–water partition coefficient (Wildman–Crippen LogP) is 5.75. The monoisotopic (exact) mass is 446 g/mol. The van der Waals surface area contributed by atoms with Gasteiger partial charge in [-0.3, -0.25) is 9.59 Å². The number of rotatable bonds is 6. The van der Waals surface area contributed by atoms with E-state index in [1.165, 1.54) is 4.90 Å². The average molecular weight is 447 g/mol. The topological polar surface area (TPSA) is 58.6 Å². The first-order valence-corrected chi connectivity index (χ1v) is 10.7. The van der Waals surface area contributed by atoms with E-state index in [0.717, 1.165) is 11.1 Å². The van der Waals surface area contributed by atoms with E-state index in [1.54, 1.807) is 30.3 Å². The number of hydrogen-bond acceptors (Lipinski definition) is 4. The van der Waals surface area contributed by atoms with Crippen molar-refractivity contribution in [2.75, 3.05) is 16.8 Å². The van der Waals surface area contributed by atoms with Crippen LogP contribution >= 0.6 is 11.6 Å². The molecule has 0 radical (unpaired) electrons. The second-order valence-electron chi connectivity index (χ2n) is 7.58. The molecule has 0 spiro atoms. The number of aryl methyl sites for hydroxylation is 2. The standard InChI is InChI=1S/C26H23ClN2O3/c1-4-32-21-13-11-20(12-14-21)29-25(30)23(18-8-5-16(2)6-9-18)24(26(29)31)28-19-10-7-17(3)22(27)15-19/h5-15,28H,4H2,1-3H3. The van der Waals surface area contributed by atoms with E-state index in [9.17, 15) is 9.59 Å². The van der Waals surface area contributed by atoms with Crippen molar-refractivity contribution in [1.29, 1.82) is 0 Å². The fraction of sp³-hybridized carbons (Fsp3) is 0.154. The van der Waals surface area contributed by atoms with Gasteiger partial charge in [0.1, 0.15) is 11.4 Å². The first kappa shape index (κ1) is 21.7. The van der Waals surface area contributed by atoms with Gasteiger partial charge >= 0.3 is 0 Å². The maximum absolute atomic E-state index is 13.5. The van der Waals surface area contributed by atoms with Gasteiger partial charge in [0, 0.05) is 10.7 Å². The van der Waals surface area contributed by atoms with Gasteiger partial charge in [-0.2, -0.15) is 0 Å². The van der Waals surface area contributed by atoms with E-state index in [4.69, 9.17) is 16.3 Å². The second-order valence-corrected chi connectivity index (χ2v) is 7.98. The minimum atomic E-state index is -0.425. The molecule has 0 saturated heterocycles. The molecule has 3 aromatic carbocycles. The Balaban J connectivity index is 1.77. The van der Waals surface area contributed by atoms with E-state index < -0.39 is 5.91 Å². The molecular formula is C26H23ClN2O3. The van der Waals surface area contributed by atoms with Crippen molar-refractivity contribution in [2.45, 2.75) is 20.8 Å². The zero-order chi connectivity index (χ0) is 22.8. The summed E-state index contributed by atoms with van der Waals surface area (Å²) in [4.78, 5) is 28.1. The molecule has 0 fully saturated rings. The number of amides is 2. The summed E-state index contributed by atoms with van der Waals surface area (Å²) in [5, 5.41) is 3.72. The van der Waals surface area contributed by atoms with Gasteiger partial charge in [0.15, 0.2) is 0 Å². The molecule has 0 saturated carbocycles. The molecule has 1 aliphatic heterocycles. The summed E-state index contributed by atoms with van der Waals surface area (Å²) in [6, 6.07) is 19.9. The van der Waals surface area contributed by atoms with Crippen molar-refractivity contribution in [3.63, 3.8) is 0 Å². The van der Waals surface area contributed by atoms with Gasteiger partial charge in [0.05, 0.1) is 17.9 Å². The lowest BCUT2D eigenvalue weighted by Gasteiger charge is -2.16. The van der Waals surface area contributed by atoms with E-state index in [2.05, 4.69) is 5.32 Å². The highest BCUT2D eigenvalue weighted by Crippen LogP contribution is 2.35. The number of ether oxygens (including phenoxy) is 1. The maximum Gasteiger partial charge on any atom is 0.282 e. The van der Waals surface area contributed by atoms with Crippen molar-refractivity contribution in [2.24, 2.45) is 0 Å². The Morgan fingerprint density at radius 3 is 2.22 bits per heavy atom. The Kier molecular flexibility index (Phi) is 6.01. The van der Waals surface area contributed by atoms with E-state index >= 15 is 0 Å². The number of anilines is 2. The molecule has 2 amide bonds. The van der Waals surface area contributed by atoms with Gasteiger partial charge in [-0.25, -0.2) is 4.90 Å². The molecule has 0 bridgehead atoms. The van der Waals surface area contributed by atoms with Crippen molar-refractivity contribution in [3.8, 4) is 5.75 Å². The predicted molar refractivity (Wildman–Crippen MR) is 128 cm³/mol. The molecule has 4 rings (SSSR count). The van der Waals surface area contributed by atoms with Gasteiger partial charge in [-0.15, -0.1) is 0 Å². The van der Waals surface area contributed by atoms with Gasteiger partial charge in [0.2, 0.25) is 0 Å². The third-order valence-electron chi connectivity index (χ3n) is 5.27. The third kappa shape index (κ3) is 4.12. The highest BCUT2D eigenvalue weighted by molar-refractivity contribution is 6.46. The smallest absolute Gasteiger partial charge is 0.282 e. The fourth-order valence-corrected chi connectivity index (χ4v) is 3.72. The summed E-state index contributed by atoms with van der Waals surface area (Å²) in [7, 11) is 0. The number of carbonyl (C=O) groups is 2. The van der Waals surface area contributed by atoms with Crippen LogP contribution in [-0.4, -0.2) is 18.4 Å². The molecule has 32 heavy (non-hydrogen) atoms. The third-order valence-corrected chi connectivity index (χ3v) is 5.68. The van der Waals surface area contributed by atoms with Gasteiger partial charge in [-0.1, -0.05) is 47.5 Å². The van der Waals surface area contributed by atoms with Crippen LogP contribution in [0, 0.1) is 13.8 Å². The number of nitrogens with one attached hydrogen (secondary N) is 1. The molecule has 0 aromatic heterocycles. The first-order valence-electron chi connectivity index (χ1n) is 10.3. The van der Waals surface area contributed by atoms with Crippen LogP contribution in [0.2, 0.25) is 5.02 Å². The molecule has 0 atom stereocenters. The van der Waals surface area contributed by atoms with E-state index in [1.807, 2.05) is 57.2 Å². The maximum atomic E-state index is 13.5. The average Bonchev–Trinajstić information content (AvgIpc) is 3.02. The highest BCUT2D eigenvalue weighted by Gasteiger charge is 2.40. The van der Waals surface area contributed by atoms with Crippen LogP contribution in [0.1, 0.15) is 23.6 Å². The van der Waals surface area contributed by atoms with Crippen LogP contribution in [0.3, 0.4) is 0 Å². The molecule has 1 aliphatic rings. The molecule has 0 unspecified atom stereocenters. The zero-order valence-electron chi connectivity index (χ0n) is 18.1. The van der Waals surface area contributed by atoms with Crippen LogP contribution < -0.4 is 15.0 Å². The fourth-order valence-electron chi connectivity index (χ4n) is 3.54. The van der Waals surface area contributed by atoms with Crippen LogP contribution in [0.25, 0.3) is 5.57 Å². The molecule has 3 aromatic rings. The highest BCUT2D eigenvalue weighted by atomic mass is 35.5. The van der Waals surface area contributed by atoms with Crippen LogP contribution in [-0.2, 0) is 9.59 Å². The number of carbonyl (C=O) groups excluding carboxylic acids is 2. The molecule has 6 heteroatoms. The Labute approximate surface area is 192 Å². The lowest BCUT2D eigenvalue weighted by atomic mass is 10.0. The lowest BCUT2D eigenvalue weighted by Crippen LogP contribution is -2.32. The molecule has 0 aliphatic carbocycles. The summed E-state index contributed by atoms with van der Waals surface area (Å²) in [5.41, 5.74) is 4.31. The van der Waals surface area contributed by atoms with Crippen LogP contribution in [0.5, 0.6) is 5.75 Å². The van der Waals surface area contributed by atoms with Gasteiger partial charge in [0.25, 0.3) is 11.8 Å². The lowest BCUT2D eigenvalue weighted by molar-refractivity contribution is -0.120. The summed E-state index contributed by atoms with van der Waals surface area (Å²) in [6.07, 6.45) is 0. The van der Waals surface area contributed by atoms with Crippen molar-refractivity contribution < 1.29 is 14.3 Å². The molecule has 5 nitrogen and oxygen atoms in total. The summed E-state index contributed by atoms with van der Waals surface area (Å²) in [5.74, 6) is -0.134. The first-order chi connectivity index (χ1) is 15.4. The minimum Gasteiger partial charge on any atom is -0.494 e. The second kappa shape index (κ2) is 8.89. The Morgan fingerprint density at radius 1 is 0.906 bits per heavy atom. The zero-order valence-corrected chi connectivity index (χ0v) is 18.9. The van der Waals surface area contributed by atoms with Crippen molar-refractivity contribution in [3.05, 3.63) is 94.1 Å². The summed E-state index contributed by atoms with van der Waals surface area (Å²) in [6.45, 7) is 6.31. The number of imide groups is 1. The number of hydrogen-bond donors (Lipinski definition) is 1. The number of halogens is 1. The summed E-state index contributed by atoms with van der Waals surface area (Å²) >= 11 is 6.27. The van der Waals surface area contributed by atoms with Crippen molar-refractivity contribution in [1.82, 2.24) is 0 Å². The molecule has 1 heterocycles. The largest absolute Gasteiger partial charge is 0.494 e. The SMILES string of the molecule is CCOc1ccc(N2C(=O)C(Nc3ccc(C)c(Cl)c3)=C(c3ccc(C)cc3)C2=O)cc1. The molecule has 162 valence electrons. The number of benzene rings is 3. The van der Waals surface area contributed by atoms with Gasteiger partial charge in [-0.05, 0) is 68.3 Å². The van der Waals surface area contributed by atoms with E-state index in [0.29, 0.717) is 39.9 Å². The Bertz CT molecular complexity index is 1210. The Morgan fingerprint density at radius 2 is 1.59 bits per heavy atom. The van der Waals surface area contributed by atoms with Crippen LogP contribution in [0.4, 0.5) is 11.4 Å². The van der Waals surface area contributed by atoms with Crippen molar-refractivity contribution >= 4 is 40.4 Å². The molecular weight excluding hydrogens is 424 g/mol. The summed E-state index contributed by atoms with van der Waals surface area (Å²) < 4.78 is 5.48. The van der Waals surface area contributed by atoms with Gasteiger partial charge < -0.3 is 10.1 Å².